The van der Waals surface area contributed by atoms with Crippen LogP contribution in [0.3, 0.4) is 0 Å². The van der Waals surface area contributed by atoms with Gasteiger partial charge in [-0.3, -0.25) is 4.79 Å². The minimum Gasteiger partial charge on any atom is -0.469 e. The van der Waals surface area contributed by atoms with Gasteiger partial charge in [0.05, 0.1) is 20.3 Å². The summed E-state index contributed by atoms with van der Waals surface area (Å²) in [5.74, 6) is -0.213. The predicted molar refractivity (Wildman–Crippen MR) is 121 cm³/mol. The number of aliphatic hydroxyl groups excluding tert-OH is 6. The quantitative estimate of drug-likeness (QED) is 0.103. The van der Waals surface area contributed by atoms with Crippen molar-refractivity contribution >= 4 is 5.97 Å². The van der Waals surface area contributed by atoms with Crippen LogP contribution in [-0.4, -0.2) is 132 Å². The smallest absolute Gasteiger partial charge is 0.305 e. The van der Waals surface area contributed by atoms with Gasteiger partial charge in [-0.2, -0.15) is 0 Å². The molecule has 36 heavy (non-hydrogen) atoms. The van der Waals surface area contributed by atoms with E-state index in [1.54, 1.807) is 0 Å². The maximum Gasteiger partial charge on any atom is 0.305 e. The average Bonchev–Trinajstić information content (AvgIpc) is 2.88. The molecule has 2 fully saturated rings. The number of methoxy groups -OCH3 is 2. The first-order valence-electron chi connectivity index (χ1n) is 12.4. The van der Waals surface area contributed by atoms with Gasteiger partial charge in [0, 0.05) is 20.1 Å². The van der Waals surface area contributed by atoms with Crippen LogP contribution < -0.4 is 0 Å². The third-order valence-electron chi connectivity index (χ3n) is 6.49. The second-order valence-corrected chi connectivity index (χ2v) is 9.03. The summed E-state index contributed by atoms with van der Waals surface area (Å²) in [4.78, 5) is 11.1. The van der Waals surface area contributed by atoms with E-state index in [4.69, 9.17) is 23.7 Å². The number of unbranched alkanes of at least 4 members (excludes halogenated alkanes) is 5. The number of hydrogen-bond acceptors (Lipinski definition) is 13. The number of esters is 1. The minimum atomic E-state index is -1.67. The second kappa shape index (κ2) is 16.1. The van der Waals surface area contributed by atoms with Crippen LogP contribution in [0.4, 0.5) is 0 Å². The Morgan fingerprint density at radius 1 is 0.722 bits per heavy atom. The highest BCUT2D eigenvalue weighted by Gasteiger charge is 2.51. The van der Waals surface area contributed by atoms with Crippen LogP contribution in [-0.2, 0) is 33.2 Å². The van der Waals surface area contributed by atoms with Crippen molar-refractivity contribution in [2.45, 2.75) is 106 Å². The summed E-state index contributed by atoms with van der Waals surface area (Å²) >= 11 is 0. The fraction of sp³-hybridized carbons (Fsp3) is 0.957. The first-order valence-corrected chi connectivity index (χ1v) is 12.4. The Kier molecular flexibility index (Phi) is 14.0. The Bertz CT molecular complexity index is 621. The van der Waals surface area contributed by atoms with Crippen molar-refractivity contribution in [3.63, 3.8) is 0 Å². The molecule has 2 heterocycles. The Balaban J connectivity index is 1.91. The molecule has 0 aromatic heterocycles. The summed E-state index contributed by atoms with van der Waals surface area (Å²) in [5.41, 5.74) is 0. The van der Waals surface area contributed by atoms with E-state index in [0.717, 1.165) is 32.1 Å². The van der Waals surface area contributed by atoms with Crippen molar-refractivity contribution in [3.8, 4) is 0 Å². The lowest BCUT2D eigenvalue weighted by Gasteiger charge is -2.46. The highest BCUT2D eigenvalue weighted by Crippen LogP contribution is 2.30. The molecule has 0 amide bonds. The lowest BCUT2D eigenvalue weighted by atomic mass is 9.97. The molecule has 0 radical (unpaired) electrons. The van der Waals surface area contributed by atoms with E-state index in [0.29, 0.717) is 12.8 Å². The van der Waals surface area contributed by atoms with Gasteiger partial charge in [0.1, 0.15) is 48.8 Å². The topological polar surface area (TPSA) is 194 Å². The number of ether oxygens (including phenoxy) is 6. The van der Waals surface area contributed by atoms with Crippen LogP contribution in [0.5, 0.6) is 0 Å². The first kappa shape index (κ1) is 31.2. The summed E-state index contributed by atoms with van der Waals surface area (Å²) in [7, 11) is 2.70. The zero-order valence-corrected chi connectivity index (χ0v) is 20.9. The van der Waals surface area contributed by atoms with E-state index in [-0.39, 0.29) is 12.6 Å². The van der Waals surface area contributed by atoms with E-state index in [9.17, 15) is 35.4 Å². The van der Waals surface area contributed by atoms with Crippen molar-refractivity contribution in [2.75, 3.05) is 34.0 Å². The van der Waals surface area contributed by atoms with Crippen LogP contribution in [0.25, 0.3) is 0 Å². The highest BCUT2D eigenvalue weighted by molar-refractivity contribution is 5.68. The molecule has 6 N–H and O–H groups in total. The van der Waals surface area contributed by atoms with Gasteiger partial charge in [0.25, 0.3) is 0 Å². The molecule has 2 aliphatic heterocycles. The third kappa shape index (κ3) is 8.53. The number of hydrogen-bond donors (Lipinski definition) is 6. The average molecular weight is 527 g/mol. The molecule has 10 atom stereocenters. The first-order chi connectivity index (χ1) is 17.3. The fourth-order valence-corrected chi connectivity index (χ4v) is 4.33. The monoisotopic (exact) mass is 526 g/mol. The van der Waals surface area contributed by atoms with E-state index in [1.807, 2.05) is 0 Å². The van der Waals surface area contributed by atoms with Gasteiger partial charge in [-0.25, -0.2) is 0 Å². The zero-order valence-electron chi connectivity index (χ0n) is 20.9. The molecule has 0 bridgehead atoms. The Labute approximate surface area is 210 Å². The Morgan fingerprint density at radius 2 is 1.33 bits per heavy atom. The molecule has 2 aliphatic rings. The summed E-state index contributed by atoms with van der Waals surface area (Å²) in [6.07, 6.45) is -7.69. The Hall–Kier alpha value is -0.970. The molecular formula is C23H42O13. The lowest BCUT2D eigenvalue weighted by Crippen LogP contribution is -2.65. The minimum absolute atomic E-state index is 0.213. The predicted octanol–water partition coefficient (Wildman–Crippen LogP) is -1.82. The van der Waals surface area contributed by atoms with Gasteiger partial charge >= 0.3 is 5.97 Å². The Morgan fingerprint density at radius 3 is 1.94 bits per heavy atom. The van der Waals surface area contributed by atoms with Crippen LogP contribution in [0, 0.1) is 0 Å². The summed E-state index contributed by atoms with van der Waals surface area (Å²) < 4.78 is 32.6. The van der Waals surface area contributed by atoms with Gasteiger partial charge in [-0.15, -0.1) is 0 Å². The number of aliphatic hydroxyl groups is 6. The summed E-state index contributed by atoms with van der Waals surface area (Å²) in [5, 5.41) is 60.3. The maximum absolute atomic E-state index is 11.1. The van der Waals surface area contributed by atoms with Crippen LogP contribution in [0.15, 0.2) is 0 Å². The molecule has 0 unspecified atom stereocenters. The van der Waals surface area contributed by atoms with E-state index in [2.05, 4.69) is 4.74 Å². The highest BCUT2D eigenvalue weighted by atomic mass is 16.8. The number of carbonyl (C=O) groups excluding carboxylic acids is 1. The van der Waals surface area contributed by atoms with Crippen molar-refractivity contribution in [1.82, 2.24) is 0 Å². The van der Waals surface area contributed by atoms with Crippen molar-refractivity contribution in [1.29, 1.82) is 0 Å². The lowest BCUT2D eigenvalue weighted by molar-refractivity contribution is -0.368. The molecule has 2 rings (SSSR count). The molecule has 0 saturated carbocycles. The molecule has 13 heteroatoms. The number of rotatable bonds is 15. The molecule has 0 aromatic rings. The second-order valence-electron chi connectivity index (χ2n) is 9.03. The largest absolute Gasteiger partial charge is 0.469 e. The summed E-state index contributed by atoms with van der Waals surface area (Å²) in [6, 6.07) is 0. The van der Waals surface area contributed by atoms with Gasteiger partial charge in [-0.1, -0.05) is 25.7 Å². The SMILES string of the molecule is COC(=O)CCCCCCCCO[C@H]1O[C@H](CO)[C@@H](OC)[C@H](O)[C@H]1O[C@@H]1O[C@H](CO)[C@@H](O)[C@H](O)[C@H]1O. The van der Waals surface area contributed by atoms with E-state index >= 15 is 0 Å². The molecular weight excluding hydrogens is 484 g/mol. The van der Waals surface area contributed by atoms with Crippen LogP contribution in [0.1, 0.15) is 44.9 Å². The van der Waals surface area contributed by atoms with Crippen molar-refractivity contribution in [2.24, 2.45) is 0 Å². The normalized spacial score (nSPS) is 37.1. The maximum atomic E-state index is 11.1. The molecule has 0 aromatic carbocycles. The van der Waals surface area contributed by atoms with Gasteiger partial charge in [-0.05, 0) is 12.8 Å². The molecule has 0 spiro atoms. The van der Waals surface area contributed by atoms with Gasteiger partial charge < -0.3 is 59.1 Å². The molecule has 0 aliphatic carbocycles. The van der Waals surface area contributed by atoms with Gasteiger partial charge in [0.2, 0.25) is 0 Å². The van der Waals surface area contributed by atoms with Gasteiger partial charge in [0.15, 0.2) is 12.6 Å². The molecule has 13 nitrogen and oxygen atoms in total. The van der Waals surface area contributed by atoms with E-state index < -0.39 is 74.6 Å². The van der Waals surface area contributed by atoms with Crippen molar-refractivity contribution in [3.05, 3.63) is 0 Å². The van der Waals surface area contributed by atoms with Crippen LogP contribution in [0.2, 0.25) is 0 Å². The zero-order chi connectivity index (χ0) is 26.7. The standard InChI is InChI=1S/C23H42O13/c1-31-15(26)9-7-5-3-4-6-8-10-33-23-21(19(30)20(32-2)14(12-25)35-23)36-22-18(29)17(28)16(27)13(11-24)34-22/h13-14,16-25,27-30H,3-12H2,1-2H3/t13-,14-,16-,17+,18-,19+,20-,21-,22+,23+/m1/s1. The number of carbonyl (C=O) groups is 1. The van der Waals surface area contributed by atoms with E-state index in [1.165, 1.54) is 14.2 Å². The third-order valence-corrected chi connectivity index (χ3v) is 6.49. The van der Waals surface area contributed by atoms with Crippen LogP contribution >= 0.6 is 0 Å². The summed E-state index contributed by atoms with van der Waals surface area (Å²) in [6.45, 7) is -0.831. The molecule has 2 saturated heterocycles. The molecule has 212 valence electrons. The fourth-order valence-electron chi connectivity index (χ4n) is 4.33. The van der Waals surface area contributed by atoms with Crippen molar-refractivity contribution < 1.29 is 63.9 Å².